The molecule has 0 atom stereocenters. The lowest BCUT2D eigenvalue weighted by Gasteiger charge is -2.04. The number of rotatable bonds is 4. The monoisotopic (exact) mass is 262 g/mol. The van der Waals surface area contributed by atoms with E-state index < -0.39 is 0 Å². The Morgan fingerprint density at radius 3 is 2.10 bits per heavy atom. The summed E-state index contributed by atoms with van der Waals surface area (Å²) >= 11 is 0. The quantitative estimate of drug-likeness (QED) is 0.698. The predicted molar refractivity (Wildman–Crippen MR) is 81.8 cm³/mol. The van der Waals surface area contributed by atoms with Gasteiger partial charge in [0.1, 0.15) is 5.82 Å². The third-order valence-electron chi connectivity index (χ3n) is 3.45. The number of hydrogen-bond acceptors (Lipinski definition) is 1. The van der Waals surface area contributed by atoms with E-state index >= 15 is 0 Å². The van der Waals surface area contributed by atoms with Gasteiger partial charge < -0.3 is 4.57 Å². The Kier molecular flexibility index (Phi) is 3.64. The molecule has 0 aliphatic carbocycles. The molecule has 3 aromatic rings. The molecule has 0 aliphatic rings. The molecule has 100 valence electrons. The Balaban J connectivity index is 1.77. The van der Waals surface area contributed by atoms with Gasteiger partial charge in [-0.05, 0) is 18.1 Å². The van der Waals surface area contributed by atoms with Crippen LogP contribution in [0.3, 0.4) is 0 Å². The van der Waals surface area contributed by atoms with Crippen molar-refractivity contribution in [1.29, 1.82) is 0 Å². The van der Waals surface area contributed by atoms with E-state index in [1.54, 1.807) is 0 Å². The molecule has 1 aromatic heterocycles. The first-order valence-corrected chi connectivity index (χ1v) is 6.92. The van der Waals surface area contributed by atoms with E-state index in [1.165, 1.54) is 11.1 Å². The van der Waals surface area contributed by atoms with Crippen LogP contribution in [0.5, 0.6) is 0 Å². The summed E-state index contributed by atoms with van der Waals surface area (Å²) in [6.07, 6.45) is 3.05. The van der Waals surface area contributed by atoms with Crippen LogP contribution in [0.2, 0.25) is 0 Å². The van der Waals surface area contributed by atoms with Crippen LogP contribution in [0.15, 0.2) is 66.9 Å². The molecule has 2 nitrogen and oxygen atoms in total. The average molecular weight is 262 g/mol. The molecule has 1 heterocycles. The molecular formula is C18H18N2. The van der Waals surface area contributed by atoms with E-state index in [0.29, 0.717) is 0 Å². The molecule has 0 unspecified atom stereocenters. The summed E-state index contributed by atoms with van der Waals surface area (Å²) in [6.45, 7) is 2.95. The number of nitrogens with zero attached hydrogens (tertiary/aromatic N) is 2. The molecule has 0 N–H and O–H groups in total. The first-order valence-electron chi connectivity index (χ1n) is 6.92. The van der Waals surface area contributed by atoms with Crippen molar-refractivity contribution in [3.05, 3.63) is 89.5 Å². The zero-order valence-corrected chi connectivity index (χ0v) is 11.7. The molecule has 0 saturated heterocycles. The first kappa shape index (κ1) is 12.7. The zero-order chi connectivity index (χ0) is 13.8. The standard InChI is InChI=1S/C18H18N2/c1-15-19-18(12-16-8-4-2-5-9-16)14-20(15)13-17-10-6-3-7-11-17/h2-11,14H,12-13H2,1H3. The van der Waals surface area contributed by atoms with Crippen molar-refractivity contribution in [2.75, 3.05) is 0 Å². The van der Waals surface area contributed by atoms with E-state index in [-0.39, 0.29) is 0 Å². The fourth-order valence-corrected chi connectivity index (χ4v) is 2.40. The smallest absolute Gasteiger partial charge is 0.106 e. The summed E-state index contributed by atoms with van der Waals surface area (Å²) in [5, 5.41) is 0. The lowest BCUT2D eigenvalue weighted by Crippen LogP contribution is -2.00. The molecule has 0 radical (unpaired) electrons. The van der Waals surface area contributed by atoms with Gasteiger partial charge in [-0.25, -0.2) is 4.98 Å². The highest BCUT2D eigenvalue weighted by molar-refractivity contribution is 5.22. The molecule has 0 spiro atoms. The fraction of sp³-hybridized carbons (Fsp3) is 0.167. The number of aryl methyl sites for hydroxylation is 1. The topological polar surface area (TPSA) is 17.8 Å². The second kappa shape index (κ2) is 5.74. The third-order valence-corrected chi connectivity index (χ3v) is 3.45. The van der Waals surface area contributed by atoms with Crippen LogP contribution >= 0.6 is 0 Å². The Morgan fingerprint density at radius 2 is 1.45 bits per heavy atom. The van der Waals surface area contributed by atoms with Crippen LogP contribution in [0.1, 0.15) is 22.6 Å². The van der Waals surface area contributed by atoms with Gasteiger partial charge in [0.25, 0.3) is 0 Å². The van der Waals surface area contributed by atoms with E-state index in [0.717, 1.165) is 24.5 Å². The van der Waals surface area contributed by atoms with Gasteiger partial charge in [-0.3, -0.25) is 0 Å². The van der Waals surface area contributed by atoms with Crippen LogP contribution in [-0.2, 0) is 13.0 Å². The number of benzene rings is 2. The van der Waals surface area contributed by atoms with Gasteiger partial charge in [-0.15, -0.1) is 0 Å². The summed E-state index contributed by atoms with van der Waals surface area (Å²) < 4.78 is 2.22. The van der Waals surface area contributed by atoms with E-state index in [1.807, 2.05) is 12.1 Å². The highest BCUT2D eigenvalue weighted by Gasteiger charge is 2.05. The Labute approximate surface area is 119 Å². The second-order valence-corrected chi connectivity index (χ2v) is 5.06. The van der Waals surface area contributed by atoms with Gasteiger partial charge >= 0.3 is 0 Å². The summed E-state index contributed by atoms with van der Waals surface area (Å²) in [7, 11) is 0. The third kappa shape index (κ3) is 2.97. The SMILES string of the molecule is Cc1nc(Cc2ccccc2)cn1Cc1ccccc1. The Hall–Kier alpha value is -2.35. The molecular weight excluding hydrogens is 244 g/mol. The fourth-order valence-electron chi connectivity index (χ4n) is 2.40. The average Bonchev–Trinajstić information content (AvgIpc) is 2.81. The van der Waals surface area contributed by atoms with Crippen LogP contribution < -0.4 is 0 Å². The van der Waals surface area contributed by atoms with Gasteiger partial charge in [0, 0.05) is 19.2 Å². The maximum absolute atomic E-state index is 4.67. The molecule has 3 rings (SSSR count). The van der Waals surface area contributed by atoms with Gasteiger partial charge in [0.05, 0.1) is 5.69 Å². The van der Waals surface area contributed by atoms with Crippen molar-refractivity contribution < 1.29 is 0 Å². The van der Waals surface area contributed by atoms with Crippen LogP contribution in [0.25, 0.3) is 0 Å². The van der Waals surface area contributed by atoms with Gasteiger partial charge in [-0.2, -0.15) is 0 Å². The lowest BCUT2D eigenvalue weighted by atomic mass is 10.1. The second-order valence-electron chi connectivity index (χ2n) is 5.06. The number of imidazole rings is 1. The van der Waals surface area contributed by atoms with Crippen molar-refractivity contribution in [2.24, 2.45) is 0 Å². The summed E-state index contributed by atoms with van der Waals surface area (Å²) in [6, 6.07) is 21.0. The zero-order valence-electron chi connectivity index (χ0n) is 11.7. The maximum Gasteiger partial charge on any atom is 0.106 e. The minimum atomic E-state index is 0.883. The van der Waals surface area contributed by atoms with Gasteiger partial charge in [0.15, 0.2) is 0 Å². The molecule has 0 fully saturated rings. The molecule has 2 heteroatoms. The van der Waals surface area contributed by atoms with Crippen molar-refractivity contribution in [3.8, 4) is 0 Å². The Bertz CT molecular complexity index is 669. The summed E-state index contributed by atoms with van der Waals surface area (Å²) in [5.74, 6) is 1.07. The largest absolute Gasteiger partial charge is 0.330 e. The molecule has 0 aliphatic heterocycles. The first-order chi connectivity index (χ1) is 9.81. The van der Waals surface area contributed by atoms with Crippen LogP contribution in [0, 0.1) is 6.92 Å². The van der Waals surface area contributed by atoms with Crippen molar-refractivity contribution in [3.63, 3.8) is 0 Å². The molecule has 0 saturated carbocycles. The predicted octanol–water partition coefficient (Wildman–Crippen LogP) is 3.83. The summed E-state index contributed by atoms with van der Waals surface area (Å²) in [5.41, 5.74) is 3.74. The number of hydrogen-bond donors (Lipinski definition) is 0. The molecule has 2 aromatic carbocycles. The molecule has 20 heavy (non-hydrogen) atoms. The highest BCUT2D eigenvalue weighted by Crippen LogP contribution is 2.11. The minimum Gasteiger partial charge on any atom is -0.330 e. The van der Waals surface area contributed by atoms with E-state index in [9.17, 15) is 0 Å². The van der Waals surface area contributed by atoms with Crippen molar-refractivity contribution in [1.82, 2.24) is 9.55 Å². The molecule has 0 amide bonds. The van der Waals surface area contributed by atoms with Gasteiger partial charge in [-0.1, -0.05) is 60.7 Å². The van der Waals surface area contributed by atoms with Crippen LogP contribution in [0.4, 0.5) is 0 Å². The van der Waals surface area contributed by atoms with Crippen molar-refractivity contribution in [2.45, 2.75) is 19.9 Å². The Morgan fingerprint density at radius 1 is 0.850 bits per heavy atom. The van der Waals surface area contributed by atoms with Crippen molar-refractivity contribution >= 4 is 0 Å². The maximum atomic E-state index is 4.67. The number of aromatic nitrogens is 2. The van der Waals surface area contributed by atoms with E-state index in [2.05, 4.69) is 71.2 Å². The highest BCUT2D eigenvalue weighted by atomic mass is 15.1. The van der Waals surface area contributed by atoms with E-state index in [4.69, 9.17) is 0 Å². The summed E-state index contributed by atoms with van der Waals surface area (Å²) in [4.78, 5) is 4.67. The molecule has 0 bridgehead atoms. The van der Waals surface area contributed by atoms with Crippen LogP contribution in [-0.4, -0.2) is 9.55 Å². The van der Waals surface area contributed by atoms with Gasteiger partial charge in [0.2, 0.25) is 0 Å². The lowest BCUT2D eigenvalue weighted by molar-refractivity contribution is 0.761. The minimum absolute atomic E-state index is 0.883. The normalized spacial score (nSPS) is 10.7.